The van der Waals surface area contributed by atoms with Crippen molar-refractivity contribution >= 4 is 57.7 Å². The molecular weight excluding hydrogens is 486 g/mol. The lowest BCUT2D eigenvalue weighted by molar-refractivity contribution is -0.166. The molecule has 2 amide bonds. The Hall–Kier alpha value is -3.39. The summed E-state index contributed by atoms with van der Waals surface area (Å²) in [4.78, 5) is 59.6. The number of rotatable bonds is 9. The largest absolute Gasteiger partial charge is 0.428 e. The van der Waals surface area contributed by atoms with Crippen LogP contribution in [0, 0.1) is 0 Å². The molecule has 1 saturated heterocycles. The lowest BCUT2D eigenvalue weighted by Crippen LogP contribution is -2.71. The molecule has 0 aliphatic carbocycles. The van der Waals surface area contributed by atoms with E-state index in [1.165, 1.54) is 30.7 Å². The van der Waals surface area contributed by atoms with E-state index < -0.39 is 42.0 Å². The molecule has 2 aliphatic heterocycles. The first kappa shape index (κ1) is 25.2. The average molecular weight is 510 g/mol. The summed E-state index contributed by atoms with van der Waals surface area (Å²) in [5, 5.41) is 7.59. The molecule has 3 rings (SSSR count). The molecule has 12 nitrogen and oxygen atoms in total. The Morgan fingerprint density at radius 2 is 2.15 bits per heavy atom. The van der Waals surface area contributed by atoms with Crippen molar-refractivity contribution in [1.29, 1.82) is 0 Å². The van der Waals surface area contributed by atoms with E-state index in [0.29, 0.717) is 11.3 Å². The molecule has 0 saturated carbocycles. The molecule has 0 bridgehead atoms. The predicted octanol–water partition coefficient (Wildman–Crippen LogP) is 0.760. The number of carbonyl (C=O) groups excluding carboxylic acids is 4. The first-order valence-corrected chi connectivity index (χ1v) is 12.0. The van der Waals surface area contributed by atoms with Gasteiger partial charge in [-0.2, -0.15) is 0 Å². The Morgan fingerprint density at radius 3 is 2.76 bits per heavy atom. The third-order valence-electron chi connectivity index (χ3n) is 4.65. The Labute approximate surface area is 203 Å². The van der Waals surface area contributed by atoms with Gasteiger partial charge in [0.1, 0.15) is 29.9 Å². The zero-order chi connectivity index (χ0) is 24.8. The number of hydrogen-bond acceptors (Lipinski definition) is 12. The number of hydrogen-bond donors (Lipinski definition) is 2. The van der Waals surface area contributed by atoms with Crippen LogP contribution >= 0.6 is 23.1 Å². The smallest absolute Gasteiger partial charge is 0.358 e. The highest BCUT2D eigenvalue weighted by molar-refractivity contribution is 8.00. The fourth-order valence-corrected chi connectivity index (χ4v) is 5.02. The van der Waals surface area contributed by atoms with Gasteiger partial charge in [0.25, 0.3) is 11.8 Å². The summed E-state index contributed by atoms with van der Waals surface area (Å²) in [6.07, 6.45) is 4.33. The van der Waals surface area contributed by atoms with Crippen molar-refractivity contribution in [1.82, 2.24) is 15.2 Å². The summed E-state index contributed by atoms with van der Waals surface area (Å²) < 4.78 is 9.70. The number of fused-ring (bicyclic) bond motifs is 1. The molecule has 0 aromatic carbocycles. The highest BCUT2D eigenvalue weighted by Gasteiger charge is 2.54. The molecule has 14 heteroatoms. The van der Waals surface area contributed by atoms with Crippen molar-refractivity contribution in [2.24, 2.45) is 5.16 Å². The Balaban J connectivity index is 1.79. The second kappa shape index (κ2) is 11.2. The fourth-order valence-electron chi connectivity index (χ4n) is 3.16. The molecule has 182 valence electrons. The molecule has 0 radical (unpaired) electrons. The molecule has 34 heavy (non-hydrogen) atoms. The van der Waals surface area contributed by atoms with Crippen LogP contribution in [-0.4, -0.2) is 70.4 Å². The number of esters is 2. The quantitative estimate of drug-likeness (QED) is 0.160. The first-order chi connectivity index (χ1) is 16.3. The SMILES string of the molecule is CC/C=C\C1=C(C(=O)OCOC(C)=O)N2C(=O)C(NC(=O)/C(=N\OC)c3csc(N)n3)C2SC1. The van der Waals surface area contributed by atoms with E-state index in [4.69, 9.17) is 15.3 Å². The molecule has 1 aromatic rings. The number of carbonyl (C=O) groups is 4. The van der Waals surface area contributed by atoms with E-state index >= 15 is 0 Å². The van der Waals surface area contributed by atoms with Gasteiger partial charge in [-0.05, 0) is 12.0 Å². The number of nitrogens with two attached hydrogens (primary N) is 1. The van der Waals surface area contributed by atoms with Gasteiger partial charge in [-0.3, -0.25) is 19.3 Å². The van der Waals surface area contributed by atoms with E-state index in [2.05, 4.69) is 20.2 Å². The maximum atomic E-state index is 13.0. The van der Waals surface area contributed by atoms with Gasteiger partial charge >= 0.3 is 11.9 Å². The summed E-state index contributed by atoms with van der Waals surface area (Å²) in [5.41, 5.74) is 6.36. The van der Waals surface area contributed by atoms with Gasteiger partial charge in [0, 0.05) is 18.1 Å². The highest BCUT2D eigenvalue weighted by Crippen LogP contribution is 2.41. The lowest BCUT2D eigenvalue weighted by Gasteiger charge is -2.49. The fraction of sp³-hybridized carbons (Fsp3) is 0.400. The minimum atomic E-state index is -0.913. The van der Waals surface area contributed by atoms with Crippen LogP contribution in [0.3, 0.4) is 0 Å². The minimum Gasteiger partial charge on any atom is -0.428 e. The number of allylic oxidation sites excluding steroid dienone is 2. The number of nitrogen functional groups attached to an aromatic ring is 1. The number of thioether (sulfide) groups is 1. The third kappa shape index (κ3) is 5.39. The number of thiazole rings is 1. The summed E-state index contributed by atoms with van der Waals surface area (Å²) >= 11 is 2.51. The Morgan fingerprint density at radius 1 is 1.38 bits per heavy atom. The standard InChI is InChI=1S/C20H23N5O7S2/c1-4-5-6-11-7-33-18-14(17(28)25(18)15(11)19(29)32-9-31-10(2)26)23-16(27)13(24-30-3)12-8-34-20(21)22-12/h5-6,8,14,18H,4,7,9H2,1-3H3,(H2,21,22)(H,23,27)/b6-5-,24-13-. The molecule has 1 fully saturated rings. The van der Waals surface area contributed by atoms with Gasteiger partial charge in [-0.1, -0.05) is 24.2 Å². The molecule has 2 atom stereocenters. The molecule has 3 heterocycles. The summed E-state index contributed by atoms with van der Waals surface area (Å²) in [6.45, 7) is 2.54. The van der Waals surface area contributed by atoms with Crippen LogP contribution in [0.4, 0.5) is 5.13 Å². The minimum absolute atomic E-state index is 0.0501. The van der Waals surface area contributed by atoms with Gasteiger partial charge in [0.05, 0.1) is 0 Å². The molecule has 1 aromatic heterocycles. The van der Waals surface area contributed by atoms with Crippen LogP contribution in [0.5, 0.6) is 0 Å². The van der Waals surface area contributed by atoms with Crippen molar-refractivity contribution in [3.05, 3.63) is 34.5 Å². The van der Waals surface area contributed by atoms with Crippen molar-refractivity contribution in [2.75, 3.05) is 25.4 Å². The number of β-lactam (4-membered cyclic amide) rings is 1. The number of nitrogens with one attached hydrogen (secondary N) is 1. The Bertz CT molecular complexity index is 1080. The molecular formula is C20H23N5O7S2. The number of nitrogens with zero attached hydrogens (tertiary/aromatic N) is 3. The Kier molecular flexibility index (Phi) is 8.28. The number of anilines is 1. The van der Waals surface area contributed by atoms with Gasteiger partial charge < -0.3 is 25.4 Å². The average Bonchev–Trinajstić information content (AvgIpc) is 3.24. The van der Waals surface area contributed by atoms with Crippen LogP contribution < -0.4 is 11.1 Å². The van der Waals surface area contributed by atoms with Gasteiger partial charge in [0.15, 0.2) is 10.8 Å². The molecule has 2 aliphatic rings. The molecule has 2 unspecified atom stereocenters. The maximum Gasteiger partial charge on any atom is 0.358 e. The number of ether oxygens (including phenoxy) is 2. The van der Waals surface area contributed by atoms with Crippen molar-refractivity contribution in [3.8, 4) is 0 Å². The first-order valence-electron chi connectivity index (χ1n) is 10.1. The topological polar surface area (TPSA) is 163 Å². The van der Waals surface area contributed by atoms with E-state index in [0.717, 1.165) is 17.8 Å². The van der Waals surface area contributed by atoms with E-state index in [1.54, 1.807) is 11.5 Å². The number of amides is 2. The second-order valence-corrected chi connectivity index (χ2v) is 8.92. The van der Waals surface area contributed by atoms with Crippen molar-refractivity contribution in [3.63, 3.8) is 0 Å². The monoisotopic (exact) mass is 509 g/mol. The number of aromatic nitrogens is 1. The van der Waals surface area contributed by atoms with Crippen molar-refractivity contribution in [2.45, 2.75) is 31.7 Å². The van der Waals surface area contributed by atoms with Crippen LogP contribution in [0.1, 0.15) is 26.0 Å². The van der Waals surface area contributed by atoms with Gasteiger partial charge in [-0.15, -0.1) is 23.1 Å². The highest BCUT2D eigenvalue weighted by atomic mass is 32.2. The third-order valence-corrected chi connectivity index (χ3v) is 6.62. The van der Waals surface area contributed by atoms with Crippen LogP contribution in [0.25, 0.3) is 0 Å². The zero-order valence-electron chi connectivity index (χ0n) is 18.6. The van der Waals surface area contributed by atoms with Crippen molar-refractivity contribution < 1.29 is 33.5 Å². The van der Waals surface area contributed by atoms with E-state index in [1.807, 2.05) is 13.0 Å². The maximum absolute atomic E-state index is 13.0. The summed E-state index contributed by atoms with van der Waals surface area (Å²) in [6, 6.07) is -0.913. The van der Waals surface area contributed by atoms with Gasteiger partial charge in [-0.25, -0.2) is 9.78 Å². The van der Waals surface area contributed by atoms with E-state index in [-0.39, 0.29) is 22.2 Å². The van der Waals surface area contributed by atoms with E-state index in [9.17, 15) is 19.2 Å². The predicted molar refractivity (Wildman–Crippen MR) is 124 cm³/mol. The van der Waals surface area contributed by atoms with Crippen LogP contribution in [-0.2, 0) is 33.5 Å². The van der Waals surface area contributed by atoms with Crippen LogP contribution in [0.15, 0.2) is 34.0 Å². The van der Waals surface area contributed by atoms with Gasteiger partial charge in [0.2, 0.25) is 6.79 Å². The van der Waals surface area contributed by atoms with Crippen LogP contribution in [0.2, 0.25) is 0 Å². The normalized spacial score (nSPS) is 20.0. The lowest BCUT2D eigenvalue weighted by atomic mass is 10.0. The summed E-state index contributed by atoms with van der Waals surface area (Å²) in [7, 11) is 1.28. The second-order valence-electron chi connectivity index (χ2n) is 6.92. The molecule has 3 N–H and O–H groups in total. The summed E-state index contributed by atoms with van der Waals surface area (Å²) in [5.74, 6) is -2.19. The number of oxime groups is 1. The molecule has 0 spiro atoms. The zero-order valence-corrected chi connectivity index (χ0v) is 20.2.